The van der Waals surface area contributed by atoms with E-state index in [1.165, 1.54) is 0 Å². The molecule has 0 unspecified atom stereocenters. The van der Waals surface area contributed by atoms with Crippen LogP contribution in [0.25, 0.3) is 0 Å². The van der Waals surface area contributed by atoms with Gasteiger partial charge in [-0.3, -0.25) is 0 Å². The lowest BCUT2D eigenvalue weighted by atomic mass is 10.2. The molecule has 17 heavy (non-hydrogen) atoms. The van der Waals surface area contributed by atoms with E-state index in [0.717, 1.165) is 27.2 Å². The number of benzene rings is 2. The lowest BCUT2D eigenvalue weighted by Gasteiger charge is -2.09. The van der Waals surface area contributed by atoms with Gasteiger partial charge in [-0.15, -0.1) is 0 Å². The molecule has 4 heteroatoms. The molecule has 0 saturated carbocycles. The van der Waals surface area contributed by atoms with E-state index in [2.05, 4.69) is 15.9 Å². The lowest BCUT2D eigenvalue weighted by Crippen LogP contribution is -1.91. The van der Waals surface area contributed by atoms with Crippen LogP contribution in [0.15, 0.2) is 40.9 Å². The summed E-state index contributed by atoms with van der Waals surface area (Å²) in [5, 5.41) is 0.665. The molecule has 0 aliphatic rings. The zero-order valence-corrected chi connectivity index (χ0v) is 11.5. The first-order chi connectivity index (χ1) is 8.06. The van der Waals surface area contributed by atoms with Gasteiger partial charge in [0.25, 0.3) is 0 Å². The van der Waals surface area contributed by atoms with Gasteiger partial charge in [0.15, 0.2) is 0 Å². The van der Waals surface area contributed by atoms with E-state index in [4.69, 9.17) is 22.1 Å². The third-order valence-corrected chi connectivity index (χ3v) is 3.22. The number of halogens is 2. The zero-order chi connectivity index (χ0) is 12.4. The second-order valence-electron chi connectivity index (χ2n) is 3.70. The number of rotatable bonds is 2. The van der Waals surface area contributed by atoms with Gasteiger partial charge in [-0.25, -0.2) is 0 Å². The van der Waals surface area contributed by atoms with E-state index in [1.807, 2.05) is 31.2 Å². The number of nitrogen functional groups attached to an aromatic ring is 1. The van der Waals surface area contributed by atoms with Crippen molar-refractivity contribution in [1.82, 2.24) is 0 Å². The number of ether oxygens (including phenoxy) is 1. The Kier molecular flexibility index (Phi) is 3.60. The molecule has 2 aromatic carbocycles. The minimum atomic E-state index is 0.665. The largest absolute Gasteiger partial charge is 0.456 e. The predicted octanol–water partition coefficient (Wildman–Crippen LogP) is 4.79. The summed E-state index contributed by atoms with van der Waals surface area (Å²) >= 11 is 9.27. The summed E-state index contributed by atoms with van der Waals surface area (Å²) in [7, 11) is 0. The molecule has 0 heterocycles. The van der Waals surface area contributed by atoms with Crippen LogP contribution in [0.3, 0.4) is 0 Å². The molecular formula is C13H11BrClNO. The van der Waals surface area contributed by atoms with Gasteiger partial charge in [0.1, 0.15) is 11.5 Å². The predicted molar refractivity (Wildman–Crippen MR) is 74.8 cm³/mol. The fourth-order valence-electron chi connectivity index (χ4n) is 1.40. The second-order valence-corrected chi connectivity index (χ2v) is 4.99. The summed E-state index contributed by atoms with van der Waals surface area (Å²) in [6, 6.07) is 11.0. The average Bonchev–Trinajstić information content (AvgIpc) is 2.27. The van der Waals surface area contributed by atoms with E-state index in [-0.39, 0.29) is 0 Å². The molecule has 0 bridgehead atoms. The molecule has 0 fully saturated rings. The first-order valence-electron chi connectivity index (χ1n) is 5.05. The Morgan fingerprint density at radius 3 is 2.59 bits per heavy atom. The summed E-state index contributed by atoms with van der Waals surface area (Å²) in [6.07, 6.45) is 0. The van der Waals surface area contributed by atoms with Crippen LogP contribution in [-0.2, 0) is 0 Å². The Hall–Kier alpha value is -1.19. The molecule has 2 aromatic rings. The van der Waals surface area contributed by atoms with Crippen molar-refractivity contribution in [1.29, 1.82) is 0 Å². The van der Waals surface area contributed by atoms with E-state index < -0.39 is 0 Å². The average molecular weight is 313 g/mol. The standard InChI is InChI=1S/C13H11BrClNO/c1-8-6-10(3-4-12(8)16)17-13-5-2-9(15)7-11(13)14/h2-7H,16H2,1H3. The Labute approximate surface area is 113 Å². The minimum Gasteiger partial charge on any atom is -0.456 e. The second kappa shape index (κ2) is 4.98. The molecule has 2 N–H and O–H groups in total. The van der Waals surface area contributed by atoms with Crippen molar-refractivity contribution in [2.24, 2.45) is 0 Å². The van der Waals surface area contributed by atoms with E-state index >= 15 is 0 Å². The van der Waals surface area contributed by atoms with Crippen molar-refractivity contribution >= 4 is 33.2 Å². The molecule has 88 valence electrons. The molecule has 0 aromatic heterocycles. The Morgan fingerprint density at radius 1 is 1.18 bits per heavy atom. The van der Waals surface area contributed by atoms with E-state index in [0.29, 0.717) is 5.02 Å². The maximum absolute atomic E-state index is 5.86. The fourth-order valence-corrected chi connectivity index (χ4v) is 2.16. The lowest BCUT2D eigenvalue weighted by molar-refractivity contribution is 0.479. The van der Waals surface area contributed by atoms with Crippen molar-refractivity contribution < 1.29 is 4.74 Å². The van der Waals surface area contributed by atoms with Gasteiger partial charge in [0.05, 0.1) is 4.47 Å². The Balaban J connectivity index is 2.28. The number of hydrogen-bond donors (Lipinski definition) is 1. The highest BCUT2D eigenvalue weighted by Gasteiger charge is 2.04. The number of hydrogen-bond acceptors (Lipinski definition) is 2. The van der Waals surface area contributed by atoms with E-state index in [9.17, 15) is 0 Å². The van der Waals surface area contributed by atoms with Crippen LogP contribution in [0.2, 0.25) is 5.02 Å². The molecule has 0 atom stereocenters. The van der Waals surface area contributed by atoms with Crippen LogP contribution < -0.4 is 10.5 Å². The summed E-state index contributed by atoms with van der Waals surface area (Å²) < 4.78 is 6.56. The van der Waals surface area contributed by atoms with Crippen LogP contribution in [0.5, 0.6) is 11.5 Å². The summed E-state index contributed by atoms with van der Waals surface area (Å²) in [5.74, 6) is 1.47. The number of anilines is 1. The van der Waals surface area contributed by atoms with Gasteiger partial charge in [0, 0.05) is 10.7 Å². The van der Waals surface area contributed by atoms with Crippen LogP contribution in [0, 0.1) is 6.92 Å². The SMILES string of the molecule is Cc1cc(Oc2ccc(Cl)cc2Br)ccc1N. The highest BCUT2D eigenvalue weighted by molar-refractivity contribution is 9.10. The van der Waals surface area contributed by atoms with Gasteiger partial charge < -0.3 is 10.5 Å². The van der Waals surface area contributed by atoms with Crippen LogP contribution >= 0.6 is 27.5 Å². The molecule has 0 saturated heterocycles. The minimum absolute atomic E-state index is 0.665. The summed E-state index contributed by atoms with van der Waals surface area (Å²) in [4.78, 5) is 0. The Bertz CT molecular complexity index is 557. The quantitative estimate of drug-likeness (QED) is 0.810. The third-order valence-electron chi connectivity index (χ3n) is 2.36. The van der Waals surface area contributed by atoms with Crippen LogP contribution in [-0.4, -0.2) is 0 Å². The molecule has 0 aliphatic heterocycles. The molecule has 0 radical (unpaired) electrons. The normalized spacial score (nSPS) is 10.3. The molecule has 0 spiro atoms. The summed E-state index contributed by atoms with van der Waals surface area (Å²) in [5.41, 5.74) is 7.50. The maximum Gasteiger partial charge on any atom is 0.141 e. The molecule has 2 nitrogen and oxygen atoms in total. The highest BCUT2D eigenvalue weighted by atomic mass is 79.9. The first kappa shape index (κ1) is 12.3. The van der Waals surface area contributed by atoms with Crippen LogP contribution in [0.4, 0.5) is 5.69 Å². The molecule has 2 rings (SSSR count). The van der Waals surface area contributed by atoms with Gasteiger partial charge in [-0.2, -0.15) is 0 Å². The van der Waals surface area contributed by atoms with Crippen molar-refractivity contribution in [2.45, 2.75) is 6.92 Å². The van der Waals surface area contributed by atoms with Crippen molar-refractivity contribution in [2.75, 3.05) is 5.73 Å². The first-order valence-corrected chi connectivity index (χ1v) is 6.22. The molecule has 0 amide bonds. The monoisotopic (exact) mass is 311 g/mol. The van der Waals surface area contributed by atoms with Gasteiger partial charge in [0.2, 0.25) is 0 Å². The number of nitrogens with two attached hydrogens (primary N) is 1. The maximum atomic E-state index is 5.86. The highest BCUT2D eigenvalue weighted by Crippen LogP contribution is 2.32. The van der Waals surface area contributed by atoms with Crippen molar-refractivity contribution in [3.8, 4) is 11.5 Å². The fraction of sp³-hybridized carbons (Fsp3) is 0.0769. The van der Waals surface area contributed by atoms with Crippen molar-refractivity contribution in [3.63, 3.8) is 0 Å². The molecular weight excluding hydrogens is 302 g/mol. The van der Waals surface area contributed by atoms with Crippen molar-refractivity contribution in [3.05, 3.63) is 51.5 Å². The third kappa shape index (κ3) is 2.93. The topological polar surface area (TPSA) is 35.2 Å². The summed E-state index contributed by atoms with van der Waals surface area (Å²) in [6.45, 7) is 1.94. The van der Waals surface area contributed by atoms with E-state index in [1.54, 1.807) is 12.1 Å². The Morgan fingerprint density at radius 2 is 1.94 bits per heavy atom. The van der Waals surface area contributed by atoms with Crippen LogP contribution in [0.1, 0.15) is 5.56 Å². The van der Waals surface area contributed by atoms with Gasteiger partial charge in [-0.05, 0) is 64.8 Å². The zero-order valence-electron chi connectivity index (χ0n) is 9.21. The molecule has 0 aliphatic carbocycles. The smallest absolute Gasteiger partial charge is 0.141 e. The number of aryl methyl sites for hydroxylation is 1. The van der Waals surface area contributed by atoms with Gasteiger partial charge >= 0.3 is 0 Å². The van der Waals surface area contributed by atoms with Gasteiger partial charge in [-0.1, -0.05) is 11.6 Å².